The van der Waals surface area contributed by atoms with Crippen LogP contribution in [0.3, 0.4) is 0 Å². The fraction of sp³-hybridized carbons (Fsp3) is 0.923. The summed E-state index contributed by atoms with van der Waals surface area (Å²) in [6.07, 6.45) is 2.01. The monoisotopic (exact) mass is 322 g/mol. The number of aliphatic hydroxyl groups excluding tert-OH is 1. The van der Waals surface area contributed by atoms with E-state index in [1.807, 2.05) is 0 Å². The summed E-state index contributed by atoms with van der Waals surface area (Å²) in [5.74, 6) is -1.90. The van der Waals surface area contributed by atoms with Crippen LogP contribution in [0.25, 0.3) is 0 Å². The maximum Gasteiger partial charge on any atom is 0.306 e. The lowest BCUT2D eigenvalue weighted by atomic mass is 9.86. The highest BCUT2D eigenvalue weighted by molar-refractivity contribution is 7.86. The first-order valence-corrected chi connectivity index (χ1v) is 8.78. The highest BCUT2D eigenvalue weighted by Crippen LogP contribution is 2.33. The summed E-state index contributed by atoms with van der Waals surface area (Å²) >= 11 is 0. The molecule has 5 unspecified atom stereocenters. The molecule has 0 aromatic heterocycles. The number of hydrogen-bond acceptors (Lipinski definition) is 5. The molecule has 0 heterocycles. The Labute approximate surface area is 124 Å². The Morgan fingerprint density at radius 2 is 1.76 bits per heavy atom. The average molecular weight is 322 g/mol. The highest BCUT2D eigenvalue weighted by Gasteiger charge is 2.40. The molecule has 7 nitrogen and oxygen atoms in total. The Bertz CT molecular complexity index is 475. The molecule has 2 saturated carbocycles. The lowest BCUT2D eigenvalue weighted by Crippen LogP contribution is -2.41. The summed E-state index contributed by atoms with van der Waals surface area (Å²) in [5.41, 5.74) is 0. The van der Waals surface area contributed by atoms with Crippen LogP contribution in [0.5, 0.6) is 0 Å². The van der Waals surface area contributed by atoms with Gasteiger partial charge in [-0.25, -0.2) is 0 Å². The van der Waals surface area contributed by atoms with Crippen molar-refractivity contribution in [2.75, 3.05) is 0 Å². The van der Waals surface area contributed by atoms with Gasteiger partial charge in [-0.15, -0.1) is 0 Å². The predicted molar refractivity (Wildman–Crippen MR) is 73.4 cm³/mol. The summed E-state index contributed by atoms with van der Waals surface area (Å²) in [5, 5.41) is 17.6. The third kappa shape index (κ3) is 4.64. The summed E-state index contributed by atoms with van der Waals surface area (Å²) in [7, 11) is -4.27. The third-order valence-corrected chi connectivity index (χ3v) is 5.60. The van der Waals surface area contributed by atoms with Crippen molar-refractivity contribution >= 4 is 16.1 Å². The molecule has 0 bridgehead atoms. The van der Waals surface area contributed by atoms with Crippen molar-refractivity contribution in [3.8, 4) is 0 Å². The lowest BCUT2D eigenvalue weighted by Gasteiger charge is -2.35. The summed E-state index contributed by atoms with van der Waals surface area (Å²) in [6, 6.07) is 0. The maximum absolute atomic E-state index is 11.3. The molecule has 0 aromatic carbocycles. The van der Waals surface area contributed by atoms with Crippen LogP contribution in [0, 0.1) is 5.92 Å². The van der Waals surface area contributed by atoms with E-state index >= 15 is 0 Å². The Morgan fingerprint density at radius 3 is 2.33 bits per heavy atom. The fourth-order valence-electron chi connectivity index (χ4n) is 3.29. The van der Waals surface area contributed by atoms with Crippen LogP contribution in [0.4, 0.5) is 0 Å². The van der Waals surface area contributed by atoms with Crippen molar-refractivity contribution in [1.29, 1.82) is 0 Å². The molecule has 122 valence electrons. The summed E-state index contributed by atoms with van der Waals surface area (Å²) in [4.78, 5) is 11.1. The van der Waals surface area contributed by atoms with Crippen LogP contribution in [0.2, 0.25) is 0 Å². The second kappa shape index (κ2) is 6.60. The quantitative estimate of drug-likeness (QED) is 0.655. The average Bonchev–Trinajstić information content (AvgIpc) is 2.37. The van der Waals surface area contributed by atoms with Crippen molar-refractivity contribution < 1.29 is 32.7 Å². The molecular formula is C13H22O7S. The Hall–Kier alpha value is -0.700. The van der Waals surface area contributed by atoms with Crippen LogP contribution in [0.15, 0.2) is 0 Å². The van der Waals surface area contributed by atoms with Crippen molar-refractivity contribution in [3.63, 3.8) is 0 Å². The van der Waals surface area contributed by atoms with Gasteiger partial charge in [-0.1, -0.05) is 0 Å². The van der Waals surface area contributed by atoms with Gasteiger partial charge in [0.25, 0.3) is 10.1 Å². The van der Waals surface area contributed by atoms with Crippen LogP contribution >= 0.6 is 0 Å². The van der Waals surface area contributed by atoms with Gasteiger partial charge in [-0.2, -0.15) is 8.42 Å². The first-order valence-electron chi connectivity index (χ1n) is 7.28. The molecule has 8 heteroatoms. The molecule has 0 spiro atoms. The first kappa shape index (κ1) is 16.7. The van der Waals surface area contributed by atoms with Gasteiger partial charge in [-0.3, -0.25) is 9.35 Å². The topological polar surface area (TPSA) is 121 Å². The normalized spacial score (nSPS) is 38.1. The first-order chi connectivity index (χ1) is 9.75. The summed E-state index contributed by atoms with van der Waals surface area (Å²) in [6.45, 7) is 0. The zero-order valence-corrected chi connectivity index (χ0v) is 12.5. The summed E-state index contributed by atoms with van der Waals surface area (Å²) < 4.78 is 37.6. The van der Waals surface area contributed by atoms with E-state index in [1.54, 1.807) is 0 Å². The van der Waals surface area contributed by atoms with E-state index in [-0.39, 0.29) is 25.4 Å². The minimum atomic E-state index is -4.27. The van der Waals surface area contributed by atoms with Gasteiger partial charge in [0, 0.05) is 0 Å². The number of rotatable bonds is 4. The molecule has 2 rings (SSSR count). The minimum absolute atomic E-state index is 0.0820. The molecular weight excluding hydrogens is 300 g/mol. The van der Waals surface area contributed by atoms with Crippen LogP contribution in [-0.4, -0.2) is 52.7 Å². The molecule has 21 heavy (non-hydrogen) atoms. The second-order valence-corrected chi connectivity index (χ2v) is 7.78. The van der Waals surface area contributed by atoms with Crippen LogP contribution in [0.1, 0.15) is 44.9 Å². The van der Waals surface area contributed by atoms with Gasteiger partial charge >= 0.3 is 5.97 Å². The number of carboxylic acid groups (broad SMARTS) is 1. The predicted octanol–water partition coefficient (Wildman–Crippen LogP) is 0.816. The molecule has 0 aliphatic heterocycles. The largest absolute Gasteiger partial charge is 0.481 e. The molecule has 0 amide bonds. The second-order valence-electron chi connectivity index (χ2n) is 6.08. The highest BCUT2D eigenvalue weighted by atomic mass is 32.2. The van der Waals surface area contributed by atoms with Gasteiger partial charge in [0.15, 0.2) is 0 Å². The van der Waals surface area contributed by atoms with Gasteiger partial charge in [-0.05, 0) is 44.9 Å². The number of aliphatic hydroxyl groups is 1. The van der Waals surface area contributed by atoms with E-state index < -0.39 is 39.5 Å². The van der Waals surface area contributed by atoms with Gasteiger partial charge in [0.1, 0.15) is 0 Å². The lowest BCUT2D eigenvalue weighted by molar-refractivity contribution is -0.146. The molecule has 2 aliphatic carbocycles. The molecule has 2 fully saturated rings. The van der Waals surface area contributed by atoms with Crippen molar-refractivity contribution in [2.45, 2.75) is 68.5 Å². The molecule has 5 atom stereocenters. The molecule has 0 aromatic rings. The number of carboxylic acids is 1. The molecule has 0 radical (unpaired) electrons. The standard InChI is InChI=1S/C13H22O7S/c14-9-2-1-3-10(6-9)20-11-4-8(13(15)16)5-12(7-11)21(17,18)19/h8-12,14H,1-7H2,(H,15,16)(H,17,18,19). The molecule has 0 saturated heterocycles. The molecule has 3 N–H and O–H groups in total. The van der Waals surface area contributed by atoms with Gasteiger partial charge in [0.05, 0.1) is 29.5 Å². The van der Waals surface area contributed by atoms with E-state index in [9.17, 15) is 22.9 Å². The van der Waals surface area contributed by atoms with Crippen molar-refractivity contribution in [2.24, 2.45) is 5.92 Å². The van der Waals surface area contributed by atoms with E-state index in [0.29, 0.717) is 6.42 Å². The van der Waals surface area contributed by atoms with E-state index in [4.69, 9.17) is 9.84 Å². The Balaban J connectivity index is 2.02. The Kier molecular flexibility index (Phi) is 5.24. The maximum atomic E-state index is 11.3. The number of ether oxygens (including phenoxy) is 1. The van der Waals surface area contributed by atoms with Crippen molar-refractivity contribution in [3.05, 3.63) is 0 Å². The SMILES string of the molecule is O=C(O)C1CC(OC2CCCC(O)C2)CC(S(=O)(=O)O)C1. The fourth-order valence-corrected chi connectivity index (χ4v) is 4.22. The Morgan fingerprint density at radius 1 is 1.05 bits per heavy atom. The van der Waals surface area contributed by atoms with E-state index in [0.717, 1.165) is 19.3 Å². The van der Waals surface area contributed by atoms with Gasteiger partial charge in [0.2, 0.25) is 0 Å². The number of carbonyl (C=O) groups is 1. The number of aliphatic carboxylic acids is 1. The smallest absolute Gasteiger partial charge is 0.306 e. The zero-order chi connectivity index (χ0) is 15.6. The van der Waals surface area contributed by atoms with Crippen LogP contribution in [-0.2, 0) is 19.6 Å². The van der Waals surface area contributed by atoms with E-state index in [1.165, 1.54) is 0 Å². The third-order valence-electron chi connectivity index (χ3n) is 4.37. The van der Waals surface area contributed by atoms with Gasteiger partial charge < -0.3 is 14.9 Å². The van der Waals surface area contributed by atoms with Crippen molar-refractivity contribution in [1.82, 2.24) is 0 Å². The minimum Gasteiger partial charge on any atom is -0.481 e. The zero-order valence-electron chi connectivity index (χ0n) is 11.7. The molecule has 2 aliphatic rings. The van der Waals surface area contributed by atoms with E-state index in [2.05, 4.69) is 0 Å². The van der Waals surface area contributed by atoms with Crippen LogP contribution < -0.4 is 0 Å². The number of hydrogen-bond donors (Lipinski definition) is 3.